The number of likely N-dealkylation sites (tertiary alicyclic amines) is 1. The molecule has 23 heavy (non-hydrogen) atoms. The summed E-state index contributed by atoms with van der Waals surface area (Å²) in [6, 6.07) is 1.86. The summed E-state index contributed by atoms with van der Waals surface area (Å²) in [6.45, 7) is 3.13. The lowest BCUT2D eigenvalue weighted by Crippen LogP contribution is -2.41. The number of piperidine rings is 1. The van der Waals surface area contributed by atoms with Crippen LogP contribution in [-0.4, -0.2) is 54.3 Å². The van der Waals surface area contributed by atoms with Gasteiger partial charge in [0.15, 0.2) is 5.82 Å². The van der Waals surface area contributed by atoms with Crippen molar-refractivity contribution in [3.63, 3.8) is 0 Å². The Labute approximate surface area is 134 Å². The first-order valence-electron chi connectivity index (χ1n) is 7.72. The van der Waals surface area contributed by atoms with Gasteiger partial charge in [0, 0.05) is 25.4 Å². The number of methoxy groups -OCH3 is 1. The maximum atomic E-state index is 12.4. The fourth-order valence-electron chi connectivity index (χ4n) is 2.77. The van der Waals surface area contributed by atoms with Crippen LogP contribution in [0, 0.1) is 12.8 Å². The lowest BCUT2D eigenvalue weighted by molar-refractivity contribution is -0.148. The molecule has 1 fully saturated rings. The molecule has 5 nitrogen and oxygen atoms in total. The number of ether oxygens (including phenoxy) is 1. The van der Waals surface area contributed by atoms with E-state index in [0.717, 1.165) is 24.4 Å². The second kappa shape index (κ2) is 7.92. The number of aromatic nitrogens is 2. The van der Waals surface area contributed by atoms with Crippen LogP contribution in [0.1, 0.15) is 24.4 Å². The molecular weight excluding hydrogens is 309 g/mol. The molecule has 0 spiro atoms. The molecule has 0 atom stereocenters. The summed E-state index contributed by atoms with van der Waals surface area (Å²) in [5.41, 5.74) is 0.856. The molecule has 0 radical (unpaired) electrons. The highest BCUT2D eigenvalue weighted by Gasteiger charge is 2.32. The molecule has 1 aromatic heterocycles. The van der Waals surface area contributed by atoms with Crippen LogP contribution in [0.4, 0.5) is 19.0 Å². The lowest BCUT2D eigenvalue weighted by Gasteiger charge is -2.32. The van der Waals surface area contributed by atoms with Crippen molar-refractivity contribution in [2.45, 2.75) is 32.5 Å². The zero-order chi connectivity index (χ0) is 16.9. The first kappa shape index (κ1) is 17.9. The minimum absolute atomic E-state index is 0.353. The number of nitrogens with one attached hydrogen (secondary N) is 1. The Hall–Kier alpha value is -1.41. The van der Waals surface area contributed by atoms with Crippen LogP contribution in [0.5, 0.6) is 0 Å². The van der Waals surface area contributed by atoms with Crippen LogP contribution < -0.4 is 5.32 Å². The van der Waals surface area contributed by atoms with Gasteiger partial charge in [-0.3, -0.25) is 4.90 Å². The molecule has 2 heterocycles. The zero-order valence-corrected chi connectivity index (χ0v) is 13.5. The second-order valence-corrected chi connectivity index (χ2v) is 5.96. The summed E-state index contributed by atoms with van der Waals surface area (Å²) in [4.78, 5) is 10.1. The van der Waals surface area contributed by atoms with Crippen molar-refractivity contribution in [2.24, 2.45) is 5.92 Å². The molecule has 0 unspecified atom stereocenters. The van der Waals surface area contributed by atoms with Crippen molar-refractivity contribution in [2.75, 3.05) is 38.6 Å². The van der Waals surface area contributed by atoms with Crippen LogP contribution in [0.2, 0.25) is 0 Å². The number of rotatable bonds is 6. The first-order chi connectivity index (χ1) is 10.9. The van der Waals surface area contributed by atoms with Gasteiger partial charge in [0.25, 0.3) is 0 Å². The molecule has 0 bridgehead atoms. The van der Waals surface area contributed by atoms with Crippen LogP contribution in [0.25, 0.3) is 0 Å². The van der Waals surface area contributed by atoms with E-state index in [-0.39, 0.29) is 0 Å². The number of halogens is 3. The molecule has 2 rings (SSSR count). The molecule has 0 aromatic carbocycles. The van der Waals surface area contributed by atoms with Crippen LogP contribution in [0.15, 0.2) is 6.07 Å². The lowest BCUT2D eigenvalue weighted by atomic mass is 9.97. The molecule has 1 saturated heterocycles. The van der Waals surface area contributed by atoms with Gasteiger partial charge in [-0.2, -0.15) is 13.2 Å². The van der Waals surface area contributed by atoms with E-state index in [1.165, 1.54) is 4.90 Å². The highest BCUT2D eigenvalue weighted by atomic mass is 19.4. The average molecular weight is 332 g/mol. The quantitative estimate of drug-likeness (QED) is 0.868. The third-order valence-corrected chi connectivity index (χ3v) is 3.86. The molecular formula is C15H23F3N4O. The number of hydrogen-bond donors (Lipinski definition) is 1. The molecule has 1 aliphatic rings. The highest BCUT2D eigenvalue weighted by molar-refractivity contribution is 5.35. The Morgan fingerprint density at radius 2 is 2.00 bits per heavy atom. The topological polar surface area (TPSA) is 50.3 Å². The fourth-order valence-corrected chi connectivity index (χ4v) is 2.77. The van der Waals surface area contributed by atoms with E-state index in [1.807, 2.05) is 13.0 Å². The summed E-state index contributed by atoms with van der Waals surface area (Å²) in [5.74, 6) is 1.72. The Morgan fingerprint density at radius 3 is 2.61 bits per heavy atom. The van der Waals surface area contributed by atoms with E-state index < -0.39 is 12.7 Å². The number of aryl methyl sites for hydroxylation is 1. The first-order valence-corrected chi connectivity index (χ1v) is 7.72. The average Bonchev–Trinajstić information content (AvgIpc) is 2.45. The maximum absolute atomic E-state index is 12.4. The van der Waals surface area contributed by atoms with Gasteiger partial charge >= 0.3 is 6.18 Å². The van der Waals surface area contributed by atoms with Crippen LogP contribution in [0.3, 0.4) is 0 Å². The summed E-state index contributed by atoms with van der Waals surface area (Å²) in [5, 5.41) is 3.27. The molecule has 8 heteroatoms. The number of hydrogen-bond acceptors (Lipinski definition) is 5. The van der Waals surface area contributed by atoms with Gasteiger partial charge in [0.1, 0.15) is 12.4 Å². The van der Waals surface area contributed by atoms with E-state index in [9.17, 15) is 13.2 Å². The van der Waals surface area contributed by atoms with E-state index >= 15 is 0 Å². The largest absolute Gasteiger partial charge is 0.401 e. The Bertz CT molecular complexity index is 502. The highest BCUT2D eigenvalue weighted by Crippen LogP contribution is 2.22. The number of nitrogens with zero attached hydrogens (tertiary/aromatic N) is 3. The van der Waals surface area contributed by atoms with Crippen molar-refractivity contribution in [1.29, 1.82) is 0 Å². The van der Waals surface area contributed by atoms with Crippen molar-refractivity contribution >= 4 is 5.82 Å². The van der Waals surface area contributed by atoms with Crippen molar-refractivity contribution < 1.29 is 17.9 Å². The van der Waals surface area contributed by atoms with E-state index in [1.54, 1.807) is 7.11 Å². The minimum atomic E-state index is -4.11. The Morgan fingerprint density at radius 1 is 1.30 bits per heavy atom. The zero-order valence-electron chi connectivity index (χ0n) is 13.5. The van der Waals surface area contributed by atoms with Crippen molar-refractivity contribution in [1.82, 2.24) is 14.9 Å². The summed E-state index contributed by atoms with van der Waals surface area (Å²) in [6.07, 6.45) is -2.59. The molecule has 1 N–H and O–H groups in total. The molecule has 1 aromatic rings. The molecule has 130 valence electrons. The standard InChI is InChI=1S/C15H23F3N4O/c1-11-7-13(21-14(20-11)9-23-2)19-8-12-3-5-22(6-4-12)10-15(16,17)18/h7,12H,3-6,8-10H2,1-2H3,(H,19,20,21). The smallest absolute Gasteiger partial charge is 0.377 e. The monoisotopic (exact) mass is 332 g/mol. The molecule has 0 saturated carbocycles. The molecule has 1 aliphatic heterocycles. The van der Waals surface area contributed by atoms with Gasteiger partial charge in [0.05, 0.1) is 6.54 Å². The van der Waals surface area contributed by atoms with Crippen LogP contribution >= 0.6 is 0 Å². The van der Waals surface area contributed by atoms with Gasteiger partial charge in [-0.25, -0.2) is 9.97 Å². The van der Waals surface area contributed by atoms with Crippen LogP contribution in [-0.2, 0) is 11.3 Å². The van der Waals surface area contributed by atoms with E-state index in [0.29, 0.717) is 38.0 Å². The van der Waals surface area contributed by atoms with Gasteiger partial charge in [-0.15, -0.1) is 0 Å². The summed E-state index contributed by atoms with van der Waals surface area (Å²) >= 11 is 0. The summed E-state index contributed by atoms with van der Waals surface area (Å²) < 4.78 is 42.1. The predicted octanol–water partition coefficient (Wildman–Crippen LogP) is 2.62. The number of anilines is 1. The third kappa shape index (κ3) is 6.31. The summed E-state index contributed by atoms with van der Waals surface area (Å²) in [7, 11) is 1.59. The third-order valence-electron chi connectivity index (χ3n) is 3.86. The van der Waals surface area contributed by atoms with Crippen molar-refractivity contribution in [3.8, 4) is 0 Å². The maximum Gasteiger partial charge on any atom is 0.401 e. The minimum Gasteiger partial charge on any atom is -0.377 e. The van der Waals surface area contributed by atoms with Gasteiger partial charge in [-0.1, -0.05) is 0 Å². The second-order valence-electron chi connectivity index (χ2n) is 5.96. The molecule has 0 amide bonds. The van der Waals surface area contributed by atoms with Crippen molar-refractivity contribution in [3.05, 3.63) is 17.6 Å². The van der Waals surface area contributed by atoms with Gasteiger partial charge < -0.3 is 10.1 Å². The van der Waals surface area contributed by atoms with Gasteiger partial charge in [0.2, 0.25) is 0 Å². The predicted molar refractivity (Wildman–Crippen MR) is 81.2 cm³/mol. The van der Waals surface area contributed by atoms with E-state index in [4.69, 9.17) is 4.74 Å². The normalized spacial score (nSPS) is 17.4. The van der Waals surface area contributed by atoms with E-state index in [2.05, 4.69) is 15.3 Å². The molecule has 0 aliphatic carbocycles. The van der Waals surface area contributed by atoms with Gasteiger partial charge in [-0.05, 0) is 38.8 Å². The Kier molecular flexibility index (Phi) is 6.17. The number of alkyl halides is 3. The Balaban J connectivity index is 1.79. The fraction of sp³-hybridized carbons (Fsp3) is 0.733. The SMILES string of the molecule is COCc1nc(C)cc(NCC2CCN(CC(F)(F)F)CC2)n1.